The predicted octanol–water partition coefficient (Wildman–Crippen LogP) is 4.38. The largest absolute Gasteiger partial charge is 0.486 e. The fraction of sp³-hybridized carbons (Fsp3) is 0.211. The van der Waals surface area contributed by atoms with Crippen LogP contribution in [0.4, 0.5) is 5.69 Å². The first kappa shape index (κ1) is 19.3. The molecule has 1 heterocycles. The second-order valence-electron chi connectivity index (χ2n) is 5.92. The molecule has 0 radical (unpaired) electrons. The Morgan fingerprint density at radius 2 is 2.00 bits per heavy atom. The highest BCUT2D eigenvalue weighted by Crippen LogP contribution is 2.23. The van der Waals surface area contributed by atoms with Gasteiger partial charge in [0.2, 0.25) is 11.1 Å². The first-order valence-corrected chi connectivity index (χ1v) is 9.66. The van der Waals surface area contributed by atoms with Crippen LogP contribution in [0.1, 0.15) is 17.0 Å². The molecule has 0 fully saturated rings. The van der Waals surface area contributed by atoms with Crippen molar-refractivity contribution in [2.45, 2.75) is 25.6 Å². The molecule has 140 valence electrons. The van der Waals surface area contributed by atoms with Gasteiger partial charge in [0.1, 0.15) is 12.4 Å². The maximum Gasteiger partial charge on any atom is 0.234 e. The number of ether oxygens (including phenoxy) is 1. The summed E-state index contributed by atoms with van der Waals surface area (Å²) < 4.78 is 5.65. The van der Waals surface area contributed by atoms with E-state index < -0.39 is 0 Å². The minimum absolute atomic E-state index is 0.146. The molecule has 3 aromatic rings. The zero-order valence-corrected chi connectivity index (χ0v) is 16.5. The topological polar surface area (TPSA) is 79.9 Å². The summed E-state index contributed by atoms with van der Waals surface area (Å²) in [5.74, 6) is 1.42. The number of rotatable bonds is 7. The van der Waals surface area contributed by atoms with E-state index in [4.69, 9.17) is 16.3 Å². The predicted molar refractivity (Wildman–Crippen MR) is 107 cm³/mol. The molecule has 0 unspecified atom stereocenters. The number of amides is 1. The molecular formula is C19H19ClN4O2S. The van der Waals surface area contributed by atoms with Crippen LogP contribution in [0.15, 0.2) is 47.6 Å². The van der Waals surface area contributed by atoms with Crippen molar-refractivity contribution in [3.63, 3.8) is 0 Å². The summed E-state index contributed by atoms with van der Waals surface area (Å²) >= 11 is 7.31. The SMILES string of the molecule is Cc1ccc(OCc2nc(SCC(=O)Nc3cccc(Cl)c3C)n[nH]2)cc1. The molecule has 27 heavy (non-hydrogen) atoms. The first-order valence-electron chi connectivity index (χ1n) is 8.30. The Hall–Kier alpha value is -2.51. The Balaban J connectivity index is 1.48. The fourth-order valence-electron chi connectivity index (χ4n) is 2.25. The van der Waals surface area contributed by atoms with E-state index in [0.717, 1.165) is 11.3 Å². The van der Waals surface area contributed by atoms with Crippen LogP contribution in [0, 0.1) is 13.8 Å². The van der Waals surface area contributed by atoms with E-state index in [2.05, 4.69) is 20.5 Å². The number of nitrogens with zero attached hydrogens (tertiary/aromatic N) is 2. The lowest BCUT2D eigenvalue weighted by Gasteiger charge is -2.08. The standard InChI is InChI=1S/C19H19ClN4O2S/c1-12-6-8-14(9-7-12)26-10-17-22-19(24-23-17)27-11-18(25)21-16-5-3-4-15(20)13(16)2/h3-9H,10-11H2,1-2H3,(H,21,25)(H,22,23,24). The zero-order chi connectivity index (χ0) is 19.2. The number of anilines is 1. The molecule has 0 saturated heterocycles. The smallest absolute Gasteiger partial charge is 0.234 e. The van der Waals surface area contributed by atoms with E-state index in [1.165, 1.54) is 17.3 Å². The van der Waals surface area contributed by atoms with Crippen LogP contribution in [0.5, 0.6) is 5.75 Å². The summed E-state index contributed by atoms with van der Waals surface area (Å²) in [6, 6.07) is 13.2. The second-order valence-corrected chi connectivity index (χ2v) is 7.27. The van der Waals surface area contributed by atoms with Gasteiger partial charge in [-0.05, 0) is 43.7 Å². The summed E-state index contributed by atoms with van der Waals surface area (Å²) in [4.78, 5) is 16.5. The number of carbonyl (C=O) groups is 1. The van der Waals surface area contributed by atoms with Gasteiger partial charge in [0.25, 0.3) is 0 Å². The summed E-state index contributed by atoms with van der Waals surface area (Å²) in [5, 5.41) is 10.9. The minimum Gasteiger partial charge on any atom is -0.486 e. The lowest BCUT2D eigenvalue weighted by Crippen LogP contribution is -2.15. The number of aromatic nitrogens is 3. The van der Waals surface area contributed by atoms with Crippen molar-refractivity contribution >= 4 is 35.0 Å². The average Bonchev–Trinajstić information content (AvgIpc) is 3.11. The molecular weight excluding hydrogens is 384 g/mol. The number of hydrogen-bond donors (Lipinski definition) is 2. The van der Waals surface area contributed by atoms with Gasteiger partial charge in [-0.15, -0.1) is 5.10 Å². The number of carbonyl (C=O) groups excluding carboxylic acids is 1. The van der Waals surface area contributed by atoms with Crippen molar-refractivity contribution in [1.29, 1.82) is 0 Å². The van der Waals surface area contributed by atoms with Gasteiger partial charge in [0.15, 0.2) is 5.82 Å². The quantitative estimate of drug-likeness (QED) is 0.573. The zero-order valence-electron chi connectivity index (χ0n) is 15.0. The highest BCUT2D eigenvalue weighted by molar-refractivity contribution is 7.99. The lowest BCUT2D eigenvalue weighted by molar-refractivity contribution is -0.113. The van der Waals surface area contributed by atoms with Crippen molar-refractivity contribution in [1.82, 2.24) is 15.2 Å². The Morgan fingerprint density at radius 3 is 2.78 bits per heavy atom. The number of hydrogen-bond acceptors (Lipinski definition) is 5. The molecule has 0 bridgehead atoms. The monoisotopic (exact) mass is 402 g/mol. The van der Waals surface area contributed by atoms with E-state index in [-0.39, 0.29) is 18.3 Å². The number of thioether (sulfide) groups is 1. The van der Waals surface area contributed by atoms with Crippen molar-refractivity contribution in [2.24, 2.45) is 0 Å². The van der Waals surface area contributed by atoms with E-state index >= 15 is 0 Å². The van der Waals surface area contributed by atoms with Gasteiger partial charge in [0.05, 0.1) is 5.75 Å². The van der Waals surface area contributed by atoms with E-state index in [0.29, 0.717) is 21.7 Å². The van der Waals surface area contributed by atoms with E-state index in [1.54, 1.807) is 12.1 Å². The fourth-order valence-corrected chi connectivity index (χ4v) is 3.04. The molecule has 3 rings (SSSR count). The third-order valence-corrected chi connectivity index (χ3v) is 5.04. The van der Waals surface area contributed by atoms with Gasteiger partial charge < -0.3 is 10.1 Å². The highest BCUT2D eigenvalue weighted by Gasteiger charge is 2.10. The van der Waals surface area contributed by atoms with Gasteiger partial charge in [-0.1, -0.05) is 47.1 Å². The van der Waals surface area contributed by atoms with Crippen molar-refractivity contribution in [2.75, 3.05) is 11.1 Å². The van der Waals surface area contributed by atoms with Crippen LogP contribution in [0.2, 0.25) is 5.02 Å². The van der Waals surface area contributed by atoms with Crippen LogP contribution in [0.3, 0.4) is 0 Å². The normalized spacial score (nSPS) is 10.6. The number of H-pyrrole nitrogens is 1. The van der Waals surface area contributed by atoms with Crippen molar-refractivity contribution in [3.05, 3.63) is 64.4 Å². The molecule has 0 aliphatic rings. The van der Waals surface area contributed by atoms with E-state index in [1.807, 2.05) is 44.2 Å². The molecule has 1 amide bonds. The van der Waals surface area contributed by atoms with Gasteiger partial charge in [0, 0.05) is 10.7 Å². The summed E-state index contributed by atoms with van der Waals surface area (Å²) in [6.07, 6.45) is 0. The molecule has 0 spiro atoms. The number of halogens is 1. The Kier molecular flexibility index (Phi) is 6.36. The van der Waals surface area contributed by atoms with Gasteiger partial charge in [-0.3, -0.25) is 9.89 Å². The van der Waals surface area contributed by atoms with Crippen molar-refractivity contribution < 1.29 is 9.53 Å². The second kappa shape index (κ2) is 8.92. The lowest BCUT2D eigenvalue weighted by atomic mass is 10.2. The first-order chi connectivity index (χ1) is 13.0. The highest BCUT2D eigenvalue weighted by atomic mass is 35.5. The average molecular weight is 403 g/mol. The van der Waals surface area contributed by atoms with Crippen LogP contribution < -0.4 is 10.1 Å². The molecule has 2 N–H and O–H groups in total. The molecule has 8 heteroatoms. The maximum absolute atomic E-state index is 12.1. The minimum atomic E-state index is -0.146. The van der Waals surface area contributed by atoms with Crippen LogP contribution in [-0.2, 0) is 11.4 Å². The number of benzene rings is 2. The molecule has 2 aromatic carbocycles. The van der Waals surface area contributed by atoms with Gasteiger partial charge in [-0.25, -0.2) is 4.98 Å². The molecule has 0 aliphatic carbocycles. The Labute approximate surface area is 166 Å². The molecule has 0 saturated carbocycles. The van der Waals surface area contributed by atoms with Crippen LogP contribution >= 0.6 is 23.4 Å². The third kappa shape index (κ3) is 5.48. The molecule has 6 nitrogen and oxygen atoms in total. The molecule has 1 aromatic heterocycles. The van der Waals surface area contributed by atoms with Crippen LogP contribution in [-0.4, -0.2) is 26.8 Å². The summed E-state index contributed by atoms with van der Waals surface area (Å²) in [5.41, 5.74) is 2.72. The Bertz CT molecular complexity index is 928. The van der Waals surface area contributed by atoms with Gasteiger partial charge >= 0.3 is 0 Å². The summed E-state index contributed by atoms with van der Waals surface area (Å²) in [6.45, 7) is 4.17. The maximum atomic E-state index is 12.1. The molecule has 0 atom stereocenters. The third-order valence-electron chi connectivity index (χ3n) is 3.78. The number of aryl methyl sites for hydroxylation is 1. The number of nitrogens with one attached hydrogen (secondary N) is 2. The summed E-state index contributed by atoms with van der Waals surface area (Å²) in [7, 11) is 0. The van der Waals surface area contributed by atoms with Gasteiger partial charge in [-0.2, -0.15) is 0 Å². The van der Waals surface area contributed by atoms with Crippen molar-refractivity contribution in [3.8, 4) is 5.75 Å². The van der Waals surface area contributed by atoms with Crippen LogP contribution in [0.25, 0.3) is 0 Å². The Morgan fingerprint density at radius 1 is 1.22 bits per heavy atom. The van der Waals surface area contributed by atoms with E-state index in [9.17, 15) is 4.79 Å². The number of aromatic amines is 1. The molecule has 0 aliphatic heterocycles.